The van der Waals surface area contributed by atoms with Crippen LogP contribution in [0, 0.1) is 6.92 Å². The first kappa shape index (κ1) is 13.5. The molecular formula is C18H15N2OSe+. The number of pyridine rings is 2. The standard InChI is InChI=1S/C18H15N2OSe/c1-12-10-17-16(21-15-7-5-8-19-18(15)22-17)11-13(12)14-6-3-4-9-20(14)2/h3-11H,1-2H3/q+1. The molecule has 3 nitrogen and oxygen atoms in total. The number of hydrogen-bond donors (Lipinski definition) is 0. The van der Waals surface area contributed by atoms with Gasteiger partial charge >= 0.3 is 135 Å². The van der Waals surface area contributed by atoms with Crippen LogP contribution in [0.25, 0.3) is 11.3 Å². The van der Waals surface area contributed by atoms with Crippen molar-refractivity contribution in [3.8, 4) is 22.8 Å². The van der Waals surface area contributed by atoms with Gasteiger partial charge in [-0.3, -0.25) is 0 Å². The normalized spacial score (nSPS) is 12.3. The van der Waals surface area contributed by atoms with Crippen molar-refractivity contribution in [1.82, 2.24) is 4.98 Å². The molecule has 3 aromatic rings. The van der Waals surface area contributed by atoms with Gasteiger partial charge in [-0.1, -0.05) is 0 Å². The van der Waals surface area contributed by atoms with Crippen molar-refractivity contribution < 1.29 is 9.30 Å². The summed E-state index contributed by atoms with van der Waals surface area (Å²) < 4.78 is 10.5. The van der Waals surface area contributed by atoms with Gasteiger partial charge < -0.3 is 0 Å². The Morgan fingerprint density at radius 3 is 2.86 bits per heavy atom. The number of rotatable bonds is 1. The van der Waals surface area contributed by atoms with Crippen LogP contribution < -0.4 is 18.4 Å². The Hall–Kier alpha value is -2.16. The van der Waals surface area contributed by atoms with Gasteiger partial charge in [0.15, 0.2) is 0 Å². The molecule has 0 amide bonds. The Kier molecular flexibility index (Phi) is 3.21. The summed E-state index contributed by atoms with van der Waals surface area (Å²) in [5.74, 6) is 1.85. The summed E-state index contributed by atoms with van der Waals surface area (Å²) in [6.07, 6.45) is 3.90. The third-order valence-electron chi connectivity index (χ3n) is 3.78. The van der Waals surface area contributed by atoms with Gasteiger partial charge in [-0.25, -0.2) is 0 Å². The molecule has 22 heavy (non-hydrogen) atoms. The van der Waals surface area contributed by atoms with Crippen molar-refractivity contribution in [2.75, 3.05) is 0 Å². The number of ether oxygens (including phenoxy) is 1. The topological polar surface area (TPSA) is 26.0 Å². The molecule has 1 aliphatic rings. The molecule has 0 unspecified atom stereocenters. The minimum atomic E-state index is 0.201. The summed E-state index contributed by atoms with van der Waals surface area (Å²) in [4.78, 5) is 4.44. The monoisotopic (exact) mass is 355 g/mol. The second kappa shape index (κ2) is 5.24. The van der Waals surface area contributed by atoms with Gasteiger partial charge in [0, 0.05) is 0 Å². The molecule has 0 saturated carbocycles. The van der Waals surface area contributed by atoms with Gasteiger partial charge in [0.25, 0.3) is 0 Å². The van der Waals surface area contributed by atoms with Crippen molar-refractivity contribution in [3.05, 3.63) is 60.4 Å². The summed E-state index contributed by atoms with van der Waals surface area (Å²) in [6.45, 7) is 2.16. The average Bonchev–Trinajstić information content (AvgIpc) is 2.53. The zero-order valence-corrected chi connectivity index (χ0v) is 14.1. The Bertz CT molecular complexity index is 877. The number of benzene rings is 1. The number of nitrogens with zero attached hydrogens (tertiary/aromatic N) is 2. The van der Waals surface area contributed by atoms with Crippen molar-refractivity contribution >= 4 is 24.0 Å². The number of aromatic nitrogens is 2. The number of fused-ring (bicyclic) bond motifs is 2. The minimum absolute atomic E-state index is 0.201. The number of hydrogen-bond acceptors (Lipinski definition) is 2. The van der Waals surface area contributed by atoms with E-state index in [1.165, 1.54) is 21.3 Å². The molecule has 0 radical (unpaired) electrons. The zero-order chi connectivity index (χ0) is 15.1. The van der Waals surface area contributed by atoms with Crippen LogP contribution in [0.4, 0.5) is 0 Å². The molecular weight excluding hydrogens is 339 g/mol. The molecule has 4 rings (SSSR count). The fourth-order valence-corrected chi connectivity index (χ4v) is 4.69. The van der Waals surface area contributed by atoms with Gasteiger partial charge in [-0.05, 0) is 0 Å². The van der Waals surface area contributed by atoms with E-state index in [1.807, 2.05) is 24.4 Å². The van der Waals surface area contributed by atoms with Crippen LogP contribution in [0.1, 0.15) is 5.56 Å². The van der Waals surface area contributed by atoms with Crippen LogP contribution in [0.2, 0.25) is 0 Å². The van der Waals surface area contributed by atoms with Gasteiger partial charge in [0.1, 0.15) is 0 Å². The summed E-state index contributed by atoms with van der Waals surface area (Å²) in [5.41, 5.74) is 3.67. The van der Waals surface area contributed by atoms with Crippen LogP contribution in [0.3, 0.4) is 0 Å². The molecule has 0 aliphatic carbocycles. The molecule has 0 atom stereocenters. The summed E-state index contributed by atoms with van der Waals surface area (Å²) >= 11 is 0.201. The van der Waals surface area contributed by atoms with Gasteiger partial charge in [0.05, 0.1) is 0 Å². The van der Waals surface area contributed by atoms with Crippen molar-refractivity contribution in [2.45, 2.75) is 6.92 Å². The Balaban J connectivity index is 1.84. The molecule has 0 N–H and O–H groups in total. The molecule has 0 spiro atoms. The maximum atomic E-state index is 6.08. The molecule has 3 heterocycles. The van der Waals surface area contributed by atoms with Crippen LogP contribution in [-0.2, 0) is 7.05 Å². The van der Waals surface area contributed by atoms with E-state index in [1.54, 1.807) is 0 Å². The first-order valence-corrected chi connectivity index (χ1v) is 8.84. The maximum absolute atomic E-state index is 6.08. The Morgan fingerprint density at radius 1 is 1.09 bits per heavy atom. The van der Waals surface area contributed by atoms with Crippen LogP contribution >= 0.6 is 0 Å². The molecule has 4 heteroatoms. The third kappa shape index (κ3) is 2.21. The second-order valence-corrected chi connectivity index (χ2v) is 7.48. The van der Waals surface area contributed by atoms with E-state index in [4.69, 9.17) is 4.74 Å². The molecule has 0 saturated heterocycles. The molecule has 1 aromatic carbocycles. The van der Waals surface area contributed by atoms with Gasteiger partial charge in [0.2, 0.25) is 0 Å². The van der Waals surface area contributed by atoms with Crippen LogP contribution in [0.5, 0.6) is 11.5 Å². The van der Waals surface area contributed by atoms with Crippen LogP contribution in [-0.4, -0.2) is 19.9 Å². The van der Waals surface area contributed by atoms with E-state index in [9.17, 15) is 0 Å². The van der Waals surface area contributed by atoms with E-state index in [0.717, 1.165) is 16.1 Å². The van der Waals surface area contributed by atoms with Crippen molar-refractivity contribution in [3.63, 3.8) is 0 Å². The van der Waals surface area contributed by atoms with E-state index in [2.05, 4.69) is 54.0 Å². The third-order valence-corrected chi connectivity index (χ3v) is 5.96. The molecule has 2 aromatic heterocycles. The van der Waals surface area contributed by atoms with E-state index in [0.29, 0.717) is 0 Å². The molecule has 0 bridgehead atoms. The van der Waals surface area contributed by atoms with Crippen LogP contribution in [0.15, 0.2) is 54.9 Å². The van der Waals surface area contributed by atoms with E-state index in [-0.39, 0.29) is 15.0 Å². The Labute approximate surface area is 135 Å². The summed E-state index contributed by atoms with van der Waals surface area (Å²) in [5, 5.41) is 0. The molecule has 0 fully saturated rings. The van der Waals surface area contributed by atoms with E-state index >= 15 is 0 Å². The predicted octanol–water partition coefficient (Wildman–Crippen LogP) is 1.64. The second-order valence-electron chi connectivity index (χ2n) is 5.32. The fraction of sp³-hybridized carbons (Fsp3) is 0.111. The van der Waals surface area contributed by atoms with Gasteiger partial charge in [-0.15, -0.1) is 0 Å². The molecule has 108 valence electrons. The number of aryl methyl sites for hydroxylation is 2. The van der Waals surface area contributed by atoms with Crippen molar-refractivity contribution in [2.24, 2.45) is 7.05 Å². The SMILES string of the molecule is Cc1cc2c(cc1-c1cccc[n+]1C)Oc1cccnc1[Se]2. The quantitative estimate of drug-likeness (QED) is 0.384. The predicted molar refractivity (Wildman–Crippen MR) is 87.1 cm³/mol. The summed E-state index contributed by atoms with van der Waals surface area (Å²) in [6, 6.07) is 14.6. The average molecular weight is 354 g/mol. The first-order valence-electron chi connectivity index (χ1n) is 7.13. The van der Waals surface area contributed by atoms with Crippen molar-refractivity contribution in [1.29, 1.82) is 0 Å². The fourth-order valence-electron chi connectivity index (χ4n) is 2.65. The summed E-state index contributed by atoms with van der Waals surface area (Å²) in [7, 11) is 2.07. The van der Waals surface area contributed by atoms with Gasteiger partial charge in [-0.2, -0.15) is 0 Å². The first-order chi connectivity index (χ1) is 10.7. The molecule has 1 aliphatic heterocycles. The van der Waals surface area contributed by atoms with E-state index < -0.39 is 0 Å². The Morgan fingerprint density at radius 2 is 2.00 bits per heavy atom. The zero-order valence-electron chi connectivity index (χ0n) is 12.4.